The molecular weight excluding hydrogens is 384 g/mol. The number of Topliss-reactive ketones (excluding diaryl/α,β-unsaturated/α-hetero) is 1. The van der Waals surface area contributed by atoms with E-state index in [1.807, 2.05) is 55.5 Å². The van der Waals surface area contributed by atoms with Gasteiger partial charge in [-0.2, -0.15) is 0 Å². The number of carbonyl (C=O) groups excluding carboxylic acids is 2. The van der Waals surface area contributed by atoms with Crippen LogP contribution in [0.3, 0.4) is 0 Å². The minimum absolute atomic E-state index is 0.123. The van der Waals surface area contributed by atoms with Crippen LogP contribution in [-0.2, 0) is 4.79 Å². The number of aromatic nitrogens is 1. The van der Waals surface area contributed by atoms with E-state index in [4.69, 9.17) is 0 Å². The number of anilines is 1. The maximum absolute atomic E-state index is 13.6. The number of nitrogens with zero attached hydrogens (tertiary/aromatic N) is 2. The van der Waals surface area contributed by atoms with E-state index in [2.05, 4.69) is 31.0 Å². The topological polar surface area (TPSA) is 50.3 Å². The molecule has 4 heteroatoms. The normalized spacial score (nSPS) is 16.4. The molecular formula is C27H26N2O2. The predicted octanol–water partition coefficient (Wildman–Crippen LogP) is 5.80. The fourth-order valence-electron chi connectivity index (χ4n) is 4.01. The van der Waals surface area contributed by atoms with Crippen LogP contribution >= 0.6 is 0 Å². The minimum atomic E-state index is -0.516. The molecule has 3 aromatic rings. The van der Waals surface area contributed by atoms with Crippen LogP contribution in [0, 0.1) is 6.92 Å². The molecule has 0 aliphatic carbocycles. The number of ketones is 1. The largest absolute Gasteiger partial charge is 0.289 e. The van der Waals surface area contributed by atoms with E-state index in [1.54, 1.807) is 24.1 Å². The summed E-state index contributed by atoms with van der Waals surface area (Å²) in [6.45, 7) is 8.01. The Bertz CT molecular complexity index is 1140. The maximum atomic E-state index is 13.6. The van der Waals surface area contributed by atoms with Crippen LogP contribution in [0.25, 0.3) is 0 Å². The summed E-state index contributed by atoms with van der Waals surface area (Å²) in [6.07, 6.45) is 1.66. The SMILES string of the molecule is CC1=C(C(=O)c2ccc(C)cc2)C(c2ccc(C(C)C)cc2)N(c2ccccn2)C1=O. The highest BCUT2D eigenvalue weighted by Crippen LogP contribution is 2.42. The molecule has 0 bridgehead atoms. The van der Waals surface area contributed by atoms with Gasteiger partial charge in [0.25, 0.3) is 5.91 Å². The van der Waals surface area contributed by atoms with Crippen molar-refractivity contribution in [3.05, 3.63) is 106 Å². The monoisotopic (exact) mass is 410 g/mol. The van der Waals surface area contributed by atoms with Crippen LogP contribution < -0.4 is 4.90 Å². The molecule has 1 aliphatic rings. The predicted molar refractivity (Wildman–Crippen MR) is 123 cm³/mol. The van der Waals surface area contributed by atoms with Gasteiger partial charge in [0.15, 0.2) is 5.78 Å². The Balaban J connectivity index is 1.85. The molecule has 156 valence electrons. The van der Waals surface area contributed by atoms with Gasteiger partial charge in [-0.3, -0.25) is 14.5 Å². The van der Waals surface area contributed by atoms with Gasteiger partial charge in [-0.25, -0.2) is 4.98 Å². The molecule has 0 spiro atoms. The van der Waals surface area contributed by atoms with Gasteiger partial charge in [0.2, 0.25) is 0 Å². The van der Waals surface area contributed by atoms with Crippen molar-refractivity contribution in [1.29, 1.82) is 0 Å². The van der Waals surface area contributed by atoms with Crippen molar-refractivity contribution in [1.82, 2.24) is 4.98 Å². The highest BCUT2D eigenvalue weighted by atomic mass is 16.2. The summed E-state index contributed by atoms with van der Waals surface area (Å²) in [7, 11) is 0. The lowest BCUT2D eigenvalue weighted by Gasteiger charge is -2.27. The maximum Gasteiger partial charge on any atom is 0.256 e. The minimum Gasteiger partial charge on any atom is -0.289 e. The average molecular weight is 411 g/mol. The first-order valence-electron chi connectivity index (χ1n) is 10.5. The van der Waals surface area contributed by atoms with Crippen LogP contribution in [0.2, 0.25) is 0 Å². The Hall–Kier alpha value is -3.53. The van der Waals surface area contributed by atoms with Crippen LogP contribution in [0.5, 0.6) is 0 Å². The molecule has 1 aliphatic heterocycles. The van der Waals surface area contributed by atoms with E-state index in [1.165, 1.54) is 5.56 Å². The number of carbonyl (C=O) groups is 2. The molecule has 0 fully saturated rings. The van der Waals surface area contributed by atoms with E-state index < -0.39 is 6.04 Å². The average Bonchev–Trinajstić information content (AvgIpc) is 3.05. The van der Waals surface area contributed by atoms with E-state index in [0.717, 1.165) is 11.1 Å². The van der Waals surface area contributed by atoms with Gasteiger partial charge in [-0.1, -0.05) is 74.0 Å². The summed E-state index contributed by atoms with van der Waals surface area (Å²) in [4.78, 5) is 33.0. The van der Waals surface area contributed by atoms with Crippen LogP contribution in [0.4, 0.5) is 5.82 Å². The van der Waals surface area contributed by atoms with E-state index in [-0.39, 0.29) is 11.7 Å². The first kappa shape index (κ1) is 20.7. The number of rotatable bonds is 5. The molecule has 0 saturated heterocycles. The third-order valence-corrected chi connectivity index (χ3v) is 5.85. The molecule has 1 aromatic heterocycles. The molecule has 4 nitrogen and oxygen atoms in total. The third kappa shape index (κ3) is 3.81. The van der Waals surface area contributed by atoms with Crippen LogP contribution in [0.15, 0.2) is 84.1 Å². The van der Waals surface area contributed by atoms with Gasteiger partial charge in [0.1, 0.15) is 5.82 Å². The molecule has 31 heavy (non-hydrogen) atoms. The first-order valence-corrected chi connectivity index (χ1v) is 10.5. The summed E-state index contributed by atoms with van der Waals surface area (Å²) in [5, 5.41) is 0. The molecule has 1 amide bonds. The summed E-state index contributed by atoms with van der Waals surface area (Å²) >= 11 is 0. The van der Waals surface area contributed by atoms with Crippen LogP contribution in [0.1, 0.15) is 59.8 Å². The van der Waals surface area contributed by atoms with E-state index in [9.17, 15) is 9.59 Å². The van der Waals surface area contributed by atoms with Gasteiger partial charge in [-0.05, 0) is 43.0 Å². The molecule has 0 saturated carbocycles. The molecule has 0 radical (unpaired) electrons. The Kier molecular flexibility index (Phi) is 5.55. The smallest absolute Gasteiger partial charge is 0.256 e. The van der Waals surface area contributed by atoms with Crippen molar-refractivity contribution < 1.29 is 9.59 Å². The lowest BCUT2D eigenvalue weighted by molar-refractivity contribution is -0.114. The Morgan fingerprint density at radius 2 is 1.61 bits per heavy atom. The second kappa shape index (κ2) is 8.31. The Morgan fingerprint density at radius 3 is 2.19 bits per heavy atom. The number of hydrogen-bond acceptors (Lipinski definition) is 3. The summed E-state index contributed by atoms with van der Waals surface area (Å²) < 4.78 is 0. The van der Waals surface area contributed by atoms with Crippen molar-refractivity contribution in [3.63, 3.8) is 0 Å². The van der Waals surface area contributed by atoms with E-state index in [0.29, 0.717) is 28.4 Å². The van der Waals surface area contributed by atoms with Gasteiger partial charge in [0, 0.05) is 22.9 Å². The fraction of sp³-hybridized carbons (Fsp3) is 0.222. The van der Waals surface area contributed by atoms with Gasteiger partial charge in [0.05, 0.1) is 6.04 Å². The quantitative estimate of drug-likeness (QED) is 0.500. The lowest BCUT2D eigenvalue weighted by atomic mass is 9.90. The Labute approximate surface area is 183 Å². The zero-order valence-electron chi connectivity index (χ0n) is 18.3. The molecule has 4 rings (SSSR count). The number of pyridine rings is 1. The molecule has 1 atom stereocenters. The van der Waals surface area contributed by atoms with Crippen molar-refractivity contribution >= 4 is 17.5 Å². The number of amides is 1. The molecule has 2 heterocycles. The van der Waals surface area contributed by atoms with Crippen LogP contribution in [-0.4, -0.2) is 16.7 Å². The highest BCUT2D eigenvalue weighted by molar-refractivity contribution is 6.21. The first-order chi connectivity index (χ1) is 14.9. The second-order valence-corrected chi connectivity index (χ2v) is 8.32. The van der Waals surface area contributed by atoms with Crippen molar-refractivity contribution in [2.24, 2.45) is 0 Å². The van der Waals surface area contributed by atoms with Gasteiger partial charge < -0.3 is 0 Å². The zero-order valence-corrected chi connectivity index (χ0v) is 18.3. The Morgan fingerprint density at radius 1 is 0.935 bits per heavy atom. The summed E-state index contributed by atoms with van der Waals surface area (Å²) in [5.41, 5.74) is 4.76. The molecule has 0 N–H and O–H groups in total. The lowest BCUT2D eigenvalue weighted by Crippen LogP contribution is -2.31. The van der Waals surface area contributed by atoms with Crippen molar-refractivity contribution in [3.8, 4) is 0 Å². The third-order valence-electron chi connectivity index (χ3n) is 5.85. The molecule has 2 aromatic carbocycles. The number of benzene rings is 2. The molecule has 1 unspecified atom stereocenters. The second-order valence-electron chi connectivity index (χ2n) is 8.32. The van der Waals surface area contributed by atoms with Crippen molar-refractivity contribution in [2.45, 2.75) is 39.7 Å². The van der Waals surface area contributed by atoms with Crippen molar-refractivity contribution in [2.75, 3.05) is 4.90 Å². The van der Waals surface area contributed by atoms with Gasteiger partial charge in [-0.15, -0.1) is 0 Å². The fourth-order valence-corrected chi connectivity index (χ4v) is 4.01. The van der Waals surface area contributed by atoms with E-state index >= 15 is 0 Å². The zero-order chi connectivity index (χ0) is 22.1. The standard InChI is InChI=1S/C27H26N2O2/c1-17(2)20-12-14-21(15-13-20)25-24(26(30)22-10-8-18(3)9-11-22)19(4)27(31)29(25)23-7-5-6-16-28-23/h5-17,25H,1-4H3. The summed E-state index contributed by atoms with van der Waals surface area (Å²) in [5.74, 6) is 0.628. The van der Waals surface area contributed by atoms with Gasteiger partial charge >= 0.3 is 0 Å². The highest BCUT2D eigenvalue weighted by Gasteiger charge is 2.42. The summed E-state index contributed by atoms with van der Waals surface area (Å²) in [6, 6.07) is 20.6. The number of hydrogen-bond donors (Lipinski definition) is 0. The number of aryl methyl sites for hydroxylation is 1.